The Morgan fingerprint density at radius 2 is 1.04 bits per heavy atom. The minimum atomic E-state index is -0.0580. The Labute approximate surface area is 408 Å². The molecular weight excluding hydrogens is 853 g/mol. The van der Waals surface area contributed by atoms with E-state index < -0.39 is 0 Å². The summed E-state index contributed by atoms with van der Waals surface area (Å²) in [6, 6.07) is 84.2. The van der Waals surface area contributed by atoms with E-state index in [0.29, 0.717) is 0 Å². The van der Waals surface area contributed by atoms with E-state index in [9.17, 15) is 0 Å². The minimum absolute atomic E-state index is 0.0251. The number of rotatable bonds is 10. The molecule has 4 nitrogen and oxygen atoms in total. The highest BCUT2D eigenvalue weighted by Crippen LogP contribution is 2.53. The Kier molecular flexibility index (Phi) is 10.3. The maximum Gasteiger partial charge on any atom is 0.136 e. The number of fused-ring (bicyclic) bond motifs is 5. The second-order valence-electron chi connectivity index (χ2n) is 18.0. The van der Waals surface area contributed by atoms with Crippen molar-refractivity contribution >= 4 is 61.2 Å². The van der Waals surface area contributed by atoms with Crippen LogP contribution < -0.4 is 19.3 Å². The van der Waals surface area contributed by atoms with Gasteiger partial charge in [0.25, 0.3) is 0 Å². The van der Waals surface area contributed by atoms with Crippen LogP contribution in [0.2, 0.25) is 0 Å². The highest BCUT2D eigenvalue weighted by Gasteiger charge is 2.41. The van der Waals surface area contributed by atoms with Gasteiger partial charge in [0.15, 0.2) is 0 Å². The van der Waals surface area contributed by atoms with Gasteiger partial charge in [-0.1, -0.05) is 176 Å². The number of nitrogens with zero attached hydrogens (tertiary/aromatic N) is 2. The lowest BCUT2D eigenvalue weighted by atomic mass is 9.73. The number of anilines is 6. The highest BCUT2D eigenvalue weighted by atomic mass is 16.5. The first kappa shape index (κ1) is 41.1. The zero-order chi connectivity index (χ0) is 46.4. The molecule has 13 rings (SSSR count). The fraction of sp³-hybridized carbons (Fsp3) is 0.0303. The van der Waals surface area contributed by atoms with Gasteiger partial charge < -0.3 is 19.3 Å². The summed E-state index contributed by atoms with van der Waals surface area (Å²) < 4.78 is 14.0. The summed E-state index contributed by atoms with van der Waals surface area (Å²) in [4.78, 5) is 4.69. The van der Waals surface area contributed by atoms with E-state index in [1.807, 2.05) is 0 Å². The summed E-state index contributed by atoms with van der Waals surface area (Å²) >= 11 is 0. The summed E-state index contributed by atoms with van der Waals surface area (Å²) in [5, 5.41) is 4.77. The van der Waals surface area contributed by atoms with E-state index >= 15 is 0 Å². The lowest BCUT2D eigenvalue weighted by Crippen LogP contribution is -2.30. The van der Waals surface area contributed by atoms with Crippen LogP contribution in [0.15, 0.2) is 278 Å². The number of para-hydroxylation sites is 2. The molecule has 0 saturated heterocycles. The lowest BCUT2D eigenvalue weighted by Gasteiger charge is -2.39. The number of allylic oxidation sites excluding steroid dienone is 6. The van der Waals surface area contributed by atoms with E-state index in [1.165, 1.54) is 27.3 Å². The van der Waals surface area contributed by atoms with Crippen molar-refractivity contribution in [2.45, 2.75) is 0 Å². The zero-order valence-corrected chi connectivity index (χ0v) is 38.3. The van der Waals surface area contributed by atoms with Gasteiger partial charge in [-0.15, -0.1) is 0 Å². The summed E-state index contributed by atoms with van der Waals surface area (Å²) in [5.41, 5.74) is 13.2. The van der Waals surface area contributed by atoms with Gasteiger partial charge in [0, 0.05) is 57.3 Å². The van der Waals surface area contributed by atoms with Crippen molar-refractivity contribution < 1.29 is 9.47 Å². The third kappa shape index (κ3) is 7.34. The smallest absolute Gasteiger partial charge is 0.136 e. The first-order valence-corrected chi connectivity index (χ1v) is 24.0. The molecule has 332 valence electrons. The Morgan fingerprint density at radius 3 is 1.80 bits per heavy atom. The monoisotopic (exact) mass is 898 g/mol. The molecule has 4 heteroatoms. The molecule has 2 atom stereocenters. The van der Waals surface area contributed by atoms with Gasteiger partial charge >= 0.3 is 0 Å². The molecule has 1 heterocycles. The molecule has 10 aromatic rings. The number of hydrogen-bond donors (Lipinski definition) is 0. The molecule has 70 heavy (non-hydrogen) atoms. The summed E-state index contributed by atoms with van der Waals surface area (Å²) in [7, 11) is 0. The first-order chi connectivity index (χ1) is 34.7. The van der Waals surface area contributed by atoms with Crippen LogP contribution in [0, 0.1) is 11.8 Å². The zero-order valence-electron chi connectivity index (χ0n) is 38.3. The molecule has 1 aliphatic heterocycles. The Bertz CT molecular complexity index is 3690. The van der Waals surface area contributed by atoms with E-state index in [0.717, 1.165) is 84.8 Å². The average Bonchev–Trinajstić information content (AvgIpc) is 3.43. The van der Waals surface area contributed by atoms with Crippen LogP contribution in [0.5, 0.6) is 11.5 Å². The van der Waals surface area contributed by atoms with Crippen LogP contribution in [-0.2, 0) is 0 Å². The van der Waals surface area contributed by atoms with Crippen LogP contribution in [0.25, 0.3) is 49.4 Å². The maximum absolute atomic E-state index is 7.09. The second-order valence-corrected chi connectivity index (χ2v) is 18.0. The van der Waals surface area contributed by atoms with Gasteiger partial charge in [0.2, 0.25) is 0 Å². The standard InChI is InChI=1S/C66H46N2O2/c1-5-19-45(20-6-1)47-35-39-61(60(41-47)46-21-7-2-8-22-46)68(62-42-48-23-13-14-30-54(48)55-31-15-16-32-56(55)62)51-28-17-29-53(43-51)69-63-40-38-58-57-37-36-52(44-65(57)70-64-34-18-33-59(63)66(58)64)67(49-24-9-3-10-25-49)50-26-11-4-12-27-50/h1-44,59,66H. The van der Waals surface area contributed by atoms with Crippen molar-refractivity contribution in [3.8, 4) is 33.8 Å². The van der Waals surface area contributed by atoms with Crippen molar-refractivity contribution in [1.29, 1.82) is 0 Å². The summed E-state index contributed by atoms with van der Waals surface area (Å²) in [6.07, 6.45) is 10.9. The van der Waals surface area contributed by atoms with Gasteiger partial charge in [-0.05, 0) is 117 Å². The van der Waals surface area contributed by atoms with E-state index in [4.69, 9.17) is 9.47 Å². The van der Waals surface area contributed by atoms with Crippen molar-refractivity contribution in [2.24, 2.45) is 11.8 Å². The van der Waals surface area contributed by atoms with Crippen molar-refractivity contribution in [3.63, 3.8) is 0 Å². The summed E-state index contributed by atoms with van der Waals surface area (Å²) in [5.74, 6) is 3.30. The number of ether oxygens (including phenoxy) is 2. The van der Waals surface area contributed by atoms with Gasteiger partial charge in [-0.3, -0.25) is 0 Å². The molecule has 3 aliphatic rings. The van der Waals surface area contributed by atoms with Crippen molar-refractivity contribution in [3.05, 3.63) is 284 Å². The molecule has 0 N–H and O–H groups in total. The van der Waals surface area contributed by atoms with E-state index in [2.05, 4.69) is 277 Å². The fourth-order valence-electron chi connectivity index (χ4n) is 10.7. The normalized spacial score (nSPS) is 15.5. The molecule has 10 aromatic carbocycles. The first-order valence-electron chi connectivity index (χ1n) is 24.0. The van der Waals surface area contributed by atoms with Crippen LogP contribution in [0.1, 0.15) is 5.56 Å². The van der Waals surface area contributed by atoms with Gasteiger partial charge in [0.05, 0.1) is 17.3 Å². The predicted molar refractivity (Wildman–Crippen MR) is 290 cm³/mol. The van der Waals surface area contributed by atoms with Crippen LogP contribution in [0.3, 0.4) is 0 Å². The maximum atomic E-state index is 7.09. The highest BCUT2D eigenvalue weighted by molar-refractivity contribution is 6.15. The summed E-state index contributed by atoms with van der Waals surface area (Å²) in [6.45, 7) is 0. The molecule has 2 aliphatic carbocycles. The molecule has 0 radical (unpaired) electrons. The van der Waals surface area contributed by atoms with Crippen molar-refractivity contribution in [1.82, 2.24) is 0 Å². The van der Waals surface area contributed by atoms with Crippen LogP contribution in [-0.4, -0.2) is 0 Å². The Balaban J connectivity index is 0.914. The quantitative estimate of drug-likeness (QED) is 0.128. The second kappa shape index (κ2) is 17.5. The van der Waals surface area contributed by atoms with E-state index in [1.54, 1.807) is 0 Å². The molecule has 0 spiro atoms. The SMILES string of the molecule is C1=CC2C(Oc3cccc(N(c4ccc(-c5ccccc5)cc4-c4ccccc4)c4cc5ccccc5c5ccccc45)c3)=CC=C3c4ccc(N(c5ccccc5)c5ccccc5)cc4OC(=C1)C32. The Hall–Kier alpha value is -9.12. The largest absolute Gasteiger partial charge is 0.461 e. The van der Waals surface area contributed by atoms with Gasteiger partial charge in [0.1, 0.15) is 23.0 Å². The molecule has 0 bridgehead atoms. The predicted octanol–water partition coefficient (Wildman–Crippen LogP) is 17.7. The van der Waals surface area contributed by atoms with Gasteiger partial charge in [-0.2, -0.15) is 0 Å². The average molecular weight is 899 g/mol. The molecular formula is C66H46N2O2. The lowest BCUT2D eigenvalue weighted by molar-refractivity contribution is 0.290. The molecule has 2 unspecified atom stereocenters. The third-order valence-corrected chi connectivity index (χ3v) is 13.9. The van der Waals surface area contributed by atoms with Crippen LogP contribution >= 0.6 is 0 Å². The number of hydrogen-bond acceptors (Lipinski definition) is 4. The third-order valence-electron chi connectivity index (χ3n) is 13.9. The van der Waals surface area contributed by atoms with E-state index in [-0.39, 0.29) is 11.8 Å². The van der Waals surface area contributed by atoms with Crippen LogP contribution in [0.4, 0.5) is 34.1 Å². The fourth-order valence-corrected chi connectivity index (χ4v) is 10.7. The van der Waals surface area contributed by atoms with Crippen molar-refractivity contribution in [2.75, 3.05) is 9.80 Å². The topological polar surface area (TPSA) is 24.9 Å². The molecule has 0 saturated carbocycles. The Morgan fingerprint density at radius 1 is 0.400 bits per heavy atom. The minimum Gasteiger partial charge on any atom is -0.461 e. The molecule has 0 amide bonds. The molecule has 0 aromatic heterocycles. The van der Waals surface area contributed by atoms with Gasteiger partial charge in [-0.25, -0.2) is 0 Å². The molecule has 0 fully saturated rings. The number of benzene rings is 10.